The Kier molecular flexibility index (Phi) is 8.00. The fraction of sp³-hybridized carbons (Fsp3) is 0.375. The smallest absolute Gasteiger partial charge is 0.345 e. The zero-order valence-corrected chi connectivity index (χ0v) is 23.3. The van der Waals surface area contributed by atoms with Crippen molar-refractivity contribution in [1.29, 1.82) is 0 Å². The average molecular weight is 559 g/mol. The van der Waals surface area contributed by atoms with Crippen LogP contribution in [0.4, 0.5) is 0 Å². The third kappa shape index (κ3) is 5.57. The van der Waals surface area contributed by atoms with E-state index in [9.17, 15) is 14.7 Å². The van der Waals surface area contributed by atoms with Crippen LogP contribution < -0.4 is 4.74 Å². The number of benzene rings is 2. The van der Waals surface area contributed by atoms with Gasteiger partial charge in [-0.25, -0.2) is 4.79 Å². The zero-order chi connectivity index (χ0) is 27.5. The van der Waals surface area contributed by atoms with Gasteiger partial charge in [-0.3, -0.25) is 14.3 Å². The van der Waals surface area contributed by atoms with Crippen molar-refractivity contribution >= 4 is 33.4 Å². The van der Waals surface area contributed by atoms with Crippen molar-refractivity contribution in [3.8, 4) is 17.0 Å². The van der Waals surface area contributed by atoms with Crippen molar-refractivity contribution in [3.05, 3.63) is 76.7 Å². The number of rotatable bonds is 8. The Morgan fingerprint density at radius 1 is 0.975 bits per heavy atom. The maximum atomic E-state index is 14.0. The van der Waals surface area contributed by atoms with Crippen LogP contribution >= 0.6 is 11.3 Å². The van der Waals surface area contributed by atoms with Crippen molar-refractivity contribution < 1.29 is 24.2 Å². The van der Waals surface area contributed by atoms with Gasteiger partial charge in [0.05, 0.1) is 35.7 Å². The molecule has 0 bridgehead atoms. The van der Waals surface area contributed by atoms with E-state index >= 15 is 0 Å². The number of aromatic carboxylic acids is 1. The second-order valence-corrected chi connectivity index (χ2v) is 11.7. The molecule has 8 heteroatoms. The molecule has 0 spiro atoms. The lowest BCUT2D eigenvalue weighted by Crippen LogP contribution is -2.41. The Labute approximate surface area is 237 Å². The Bertz CT molecular complexity index is 1480. The van der Waals surface area contributed by atoms with Crippen LogP contribution in [-0.4, -0.2) is 59.3 Å². The Hall–Kier alpha value is -3.46. The van der Waals surface area contributed by atoms with E-state index in [1.807, 2.05) is 54.6 Å². The highest BCUT2D eigenvalue weighted by molar-refractivity contribution is 7.21. The molecule has 0 atom stereocenters. The molecule has 40 heavy (non-hydrogen) atoms. The molecule has 2 fully saturated rings. The van der Waals surface area contributed by atoms with Gasteiger partial charge in [-0.15, -0.1) is 11.3 Å². The molecule has 2 aliphatic rings. The Morgan fingerprint density at radius 2 is 1.70 bits per heavy atom. The number of aromatic nitrogens is 1. The largest absolute Gasteiger partial charge is 0.489 e. The van der Waals surface area contributed by atoms with Gasteiger partial charge in [-0.2, -0.15) is 0 Å². The van der Waals surface area contributed by atoms with Crippen LogP contribution in [0.1, 0.15) is 63.6 Å². The third-order valence-corrected chi connectivity index (χ3v) is 9.13. The minimum absolute atomic E-state index is 0.0388. The predicted molar refractivity (Wildman–Crippen MR) is 157 cm³/mol. The highest BCUT2D eigenvalue weighted by atomic mass is 32.1. The van der Waals surface area contributed by atoms with E-state index in [1.54, 1.807) is 10.6 Å². The fourth-order valence-electron chi connectivity index (χ4n) is 5.98. The number of ether oxygens (including phenoxy) is 2. The summed E-state index contributed by atoms with van der Waals surface area (Å²) in [6.07, 6.45) is 5.58. The second kappa shape index (κ2) is 12.0. The summed E-state index contributed by atoms with van der Waals surface area (Å²) in [5.74, 6) is 0.0603. The summed E-state index contributed by atoms with van der Waals surface area (Å²) in [5, 5.41) is 9.83. The highest BCUT2D eigenvalue weighted by Gasteiger charge is 2.31. The summed E-state index contributed by atoms with van der Waals surface area (Å²) in [4.78, 5) is 28.4. The van der Waals surface area contributed by atoms with E-state index in [2.05, 4.69) is 4.90 Å². The normalized spacial score (nSPS) is 16.8. The monoisotopic (exact) mass is 558 g/mol. The minimum Gasteiger partial charge on any atom is -0.489 e. The maximum absolute atomic E-state index is 14.0. The molecule has 1 aliphatic carbocycles. The molecule has 3 heterocycles. The number of hydrogen-bond acceptors (Lipinski definition) is 6. The van der Waals surface area contributed by atoms with Gasteiger partial charge < -0.3 is 14.6 Å². The van der Waals surface area contributed by atoms with Gasteiger partial charge in [0.15, 0.2) is 0 Å². The quantitative estimate of drug-likeness (QED) is 0.260. The van der Waals surface area contributed by atoms with Crippen LogP contribution in [0.3, 0.4) is 0 Å². The number of fused-ring (bicyclic) bond motifs is 1. The summed E-state index contributed by atoms with van der Waals surface area (Å²) < 4.78 is 14.3. The molecular weight excluding hydrogens is 524 g/mol. The number of thiophene rings is 1. The van der Waals surface area contributed by atoms with Crippen molar-refractivity contribution in [3.63, 3.8) is 0 Å². The number of morpholine rings is 1. The summed E-state index contributed by atoms with van der Waals surface area (Å²) >= 11 is 1.30. The van der Waals surface area contributed by atoms with E-state index in [0.717, 1.165) is 58.5 Å². The average Bonchev–Trinajstić information content (AvgIpc) is 3.55. The number of nitrogens with zero attached hydrogens (tertiary/aromatic N) is 2. The molecule has 1 N–H and O–H groups in total. The molecule has 1 saturated heterocycles. The van der Waals surface area contributed by atoms with Crippen LogP contribution in [0.15, 0.2) is 60.7 Å². The molecule has 4 aromatic rings. The Balaban J connectivity index is 1.42. The first-order chi connectivity index (χ1) is 19.6. The van der Waals surface area contributed by atoms with Crippen LogP contribution in [0.25, 0.3) is 21.5 Å². The molecule has 2 aromatic heterocycles. The molecule has 1 saturated carbocycles. The first kappa shape index (κ1) is 26.7. The number of carbonyl (C=O) groups excluding carboxylic acids is 1. The number of carboxylic acids is 1. The van der Waals surface area contributed by atoms with Gasteiger partial charge in [0.25, 0.3) is 0 Å². The molecule has 2 aromatic carbocycles. The third-order valence-electron chi connectivity index (χ3n) is 7.99. The van der Waals surface area contributed by atoms with Gasteiger partial charge in [-0.1, -0.05) is 49.6 Å². The topological polar surface area (TPSA) is 81.0 Å². The van der Waals surface area contributed by atoms with Gasteiger partial charge >= 0.3 is 5.97 Å². The van der Waals surface area contributed by atoms with Gasteiger partial charge in [-0.05, 0) is 65.8 Å². The lowest BCUT2D eigenvalue weighted by Gasteiger charge is -2.27. The molecule has 0 radical (unpaired) electrons. The fourth-order valence-corrected chi connectivity index (χ4v) is 7.09. The second-order valence-electron chi connectivity index (χ2n) is 10.6. The molecule has 0 unspecified atom stereocenters. The van der Waals surface area contributed by atoms with Gasteiger partial charge in [0, 0.05) is 13.1 Å². The molecule has 0 amide bonds. The van der Waals surface area contributed by atoms with E-state index in [1.165, 1.54) is 17.8 Å². The molecule has 208 valence electrons. The van der Waals surface area contributed by atoms with Crippen molar-refractivity contribution in [2.45, 2.75) is 44.6 Å². The summed E-state index contributed by atoms with van der Waals surface area (Å²) in [5.41, 5.74) is 4.78. The predicted octanol–water partition coefficient (Wildman–Crippen LogP) is 6.67. The summed E-state index contributed by atoms with van der Waals surface area (Å²) in [7, 11) is 0. The standard InChI is InChI=1S/C32H34N2O5S/c35-28(20-33-15-17-38-18-16-33)34-26-19-27(32(36)37)40-31(26)29(23-9-5-2-6-10-23)30(34)24-11-13-25(14-12-24)39-21-22-7-3-1-4-8-22/h1,3-4,7-8,11-14,19,23H,2,5-6,9-10,15-18,20-21H2,(H,36,37). The van der Waals surface area contributed by atoms with Gasteiger partial charge in [0.2, 0.25) is 5.91 Å². The van der Waals surface area contributed by atoms with E-state index in [0.29, 0.717) is 38.4 Å². The maximum Gasteiger partial charge on any atom is 0.345 e. The Morgan fingerprint density at radius 3 is 2.40 bits per heavy atom. The number of hydrogen-bond donors (Lipinski definition) is 1. The number of carboxylic acid groups (broad SMARTS) is 1. The van der Waals surface area contributed by atoms with E-state index in [-0.39, 0.29) is 23.2 Å². The van der Waals surface area contributed by atoms with Crippen LogP contribution in [0.5, 0.6) is 5.75 Å². The van der Waals surface area contributed by atoms with E-state index < -0.39 is 5.97 Å². The minimum atomic E-state index is -0.954. The molecule has 1 aliphatic heterocycles. The number of carbonyl (C=O) groups is 2. The molecular formula is C32H34N2O5S. The van der Waals surface area contributed by atoms with Gasteiger partial charge in [0.1, 0.15) is 17.2 Å². The zero-order valence-electron chi connectivity index (χ0n) is 22.5. The van der Waals surface area contributed by atoms with E-state index in [4.69, 9.17) is 9.47 Å². The summed E-state index contributed by atoms with van der Waals surface area (Å²) in [6, 6.07) is 19.7. The van der Waals surface area contributed by atoms with Crippen molar-refractivity contribution in [1.82, 2.24) is 9.47 Å². The molecule has 7 nitrogen and oxygen atoms in total. The SMILES string of the molecule is O=C(O)c1cc2c(s1)c(C1CCCCC1)c(-c1ccc(OCc3ccccc3)cc1)n2C(=O)CN1CCOCC1. The first-order valence-electron chi connectivity index (χ1n) is 14.1. The van der Waals surface area contributed by atoms with Crippen LogP contribution in [0.2, 0.25) is 0 Å². The van der Waals surface area contributed by atoms with Crippen molar-refractivity contribution in [2.24, 2.45) is 0 Å². The lowest BCUT2D eigenvalue weighted by atomic mass is 9.83. The van der Waals surface area contributed by atoms with Crippen LogP contribution in [0, 0.1) is 0 Å². The lowest BCUT2D eigenvalue weighted by molar-refractivity contribution is 0.0351. The summed E-state index contributed by atoms with van der Waals surface area (Å²) in [6.45, 7) is 3.38. The van der Waals surface area contributed by atoms with Crippen LogP contribution in [-0.2, 0) is 11.3 Å². The molecule has 6 rings (SSSR count). The highest BCUT2D eigenvalue weighted by Crippen LogP contribution is 2.47. The van der Waals surface area contributed by atoms with Crippen molar-refractivity contribution in [2.75, 3.05) is 32.8 Å². The first-order valence-corrected chi connectivity index (χ1v) is 14.9.